The summed E-state index contributed by atoms with van der Waals surface area (Å²) >= 11 is 0. The summed E-state index contributed by atoms with van der Waals surface area (Å²) in [7, 11) is 1.47. The summed E-state index contributed by atoms with van der Waals surface area (Å²) < 4.78 is 81.4. The van der Waals surface area contributed by atoms with Gasteiger partial charge in [-0.2, -0.15) is 26.3 Å². The molecule has 1 unspecified atom stereocenters. The monoisotopic (exact) mass is 400 g/mol. The van der Waals surface area contributed by atoms with Gasteiger partial charge in [-0.3, -0.25) is 0 Å². The molecule has 9 heteroatoms. The lowest BCUT2D eigenvalue weighted by Crippen LogP contribution is -2.40. The van der Waals surface area contributed by atoms with Crippen LogP contribution in [0.3, 0.4) is 0 Å². The zero-order chi connectivity index (χ0) is 20.7. The Labute approximate surface area is 156 Å². The molecule has 0 fully saturated rings. The maximum absolute atomic E-state index is 13.1. The lowest BCUT2D eigenvalue weighted by molar-refractivity contribution is -0.767. The van der Waals surface area contributed by atoms with Crippen molar-refractivity contribution >= 4 is 0 Å². The summed E-state index contributed by atoms with van der Waals surface area (Å²) in [5.74, 6) is 0. The van der Waals surface area contributed by atoms with Crippen LogP contribution in [0.5, 0.6) is 0 Å². The molecule has 1 heterocycles. The molecule has 0 aliphatic heterocycles. The topological polar surface area (TPSA) is 21.7 Å². The largest absolute Gasteiger partial charge is 0.416 e. The molecule has 0 aliphatic rings. The molecule has 0 bridgehead atoms. The van der Waals surface area contributed by atoms with Gasteiger partial charge in [-0.05, 0) is 30.7 Å². The summed E-state index contributed by atoms with van der Waals surface area (Å²) in [6.45, 7) is 1.83. The van der Waals surface area contributed by atoms with Gasteiger partial charge in [0.15, 0.2) is 11.9 Å². The Morgan fingerprint density at radius 2 is 1.43 bits per heavy atom. The highest BCUT2D eigenvalue weighted by Gasteiger charge is 2.37. The summed E-state index contributed by atoms with van der Waals surface area (Å²) in [4.78, 5) is 0. The average Bonchev–Trinajstić information content (AvgIpc) is 3.01. The molecule has 0 spiro atoms. The third kappa shape index (κ3) is 4.02. The van der Waals surface area contributed by atoms with Crippen LogP contribution in [-0.2, 0) is 19.4 Å². The number of aryl methyl sites for hydroxylation is 1. The molecule has 0 amide bonds. The normalized spacial score (nSPS) is 13.6. The second-order valence-electron chi connectivity index (χ2n) is 6.39. The zero-order valence-corrected chi connectivity index (χ0v) is 14.9. The third-order valence-corrected chi connectivity index (χ3v) is 4.40. The van der Waals surface area contributed by atoms with Crippen molar-refractivity contribution in [3.05, 3.63) is 71.4 Å². The number of rotatable bonds is 3. The molecule has 0 N–H and O–H groups in total. The van der Waals surface area contributed by atoms with Gasteiger partial charge in [-0.25, -0.2) is 0 Å². The summed E-state index contributed by atoms with van der Waals surface area (Å²) in [6.07, 6.45) is -8.36. The van der Waals surface area contributed by atoms with Crippen LogP contribution in [0, 0.1) is 0 Å². The van der Waals surface area contributed by atoms with Crippen molar-refractivity contribution in [2.24, 2.45) is 7.05 Å². The van der Waals surface area contributed by atoms with E-state index in [4.69, 9.17) is 0 Å². The van der Waals surface area contributed by atoms with Crippen LogP contribution < -0.4 is 4.68 Å². The average molecular weight is 400 g/mol. The zero-order valence-electron chi connectivity index (χ0n) is 14.9. The van der Waals surface area contributed by atoms with Gasteiger partial charge in [0.2, 0.25) is 0 Å². The highest BCUT2D eigenvalue weighted by atomic mass is 19.4. The van der Waals surface area contributed by atoms with E-state index in [0.29, 0.717) is 12.1 Å². The van der Waals surface area contributed by atoms with E-state index in [2.05, 4.69) is 5.21 Å². The predicted molar refractivity (Wildman–Crippen MR) is 89.1 cm³/mol. The quantitative estimate of drug-likeness (QED) is 0.447. The minimum atomic E-state index is -4.90. The summed E-state index contributed by atoms with van der Waals surface area (Å²) in [6, 6.07) is 10.5. The smallest absolute Gasteiger partial charge is 0.166 e. The lowest BCUT2D eigenvalue weighted by Gasteiger charge is -2.13. The number of hydrogen-bond donors (Lipinski definition) is 0. The molecule has 3 nitrogen and oxygen atoms in total. The van der Waals surface area contributed by atoms with Crippen LogP contribution in [0.25, 0.3) is 11.3 Å². The van der Waals surface area contributed by atoms with Gasteiger partial charge in [-0.15, -0.1) is 9.36 Å². The van der Waals surface area contributed by atoms with E-state index in [1.807, 2.05) is 37.3 Å². The van der Waals surface area contributed by atoms with Gasteiger partial charge in [0.25, 0.3) is 0 Å². The van der Waals surface area contributed by atoms with Crippen LogP contribution in [0.2, 0.25) is 0 Å². The Morgan fingerprint density at radius 1 is 0.893 bits per heavy atom. The maximum Gasteiger partial charge on any atom is 0.416 e. The first-order chi connectivity index (χ1) is 13.0. The highest BCUT2D eigenvalue weighted by Crippen LogP contribution is 2.38. The Balaban J connectivity index is 2.10. The molecule has 0 radical (unpaired) electrons. The van der Waals surface area contributed by atoms with Crippen molar-refractivity contribution in [1.82, 2.24) is 9.90 Å². The fraction of sp³-hybridized carbons (Fsp3) is 0.263. The first-order valence-corrected chi connectivity index (χ1v) is 8.27. The Hall–Kier alpha value is -2.84. The number of hydrogen-bond acceptors (Lipinski definition) is 1. The van der Waals surface area contributed by atoms with E-state index in [1.54, 1.807) is 0 Å². The molecule has 0 aliphatic carbocycles. The molecule has 1 aromatic heterocycles. The Bertz CT molecular complexity index is 941. The fourth-order valence-electron chi connectivity index (χ4n) is 2.88. The fourth-order valence-corrected chi connectivity index (χ4v) is 2.88. The number of alkyl halides is 6. The van der Waals surface area contributed by atoms with Crippen LogP contribution in [0.4, 0.5) is 26.3 Å². The number of halogens is 6. The van der Waals surface area contributed by atoms with E-state index in [-0.39, 0.29) is 23.4 Å². The minimum absolute atomic E-state index is 0.112. The van der Waals surface area contributed by atoms with Crippen LogP contribution in [0.1, 0.15) is 29.7 Å². The van der Waals surface area contributed by atoms with Crippen molar-refractivity contribution in [1.29, 1.82) is 0 Å². The Kier molecular flexibility index (Phi) is 4.95. The third-order valence-electron chi connectivity index (χ3n) is 4.40. The van der Waals surface area contributed by atoms with Gasteiger partial charge in [0, 0.05) is 5.56 Å². The minimum Gasteiger partial charge on any atom is -0.166 e. The predicted octanol–water partition coefficient (Wildman–Crippen LogP) is 5.02. The maximum atomic E-state index is 13.1. The van der Waals surface area contributed by atoms with Crippen molar-refractivity contribution in [3.8, 4) is 11.3 Å². The van der Waals surface area contributed by atoms with Crippen molar-refractivity contribution in [3.63, 3.8) is 0 Å². The lowest BCUT2D eigenvalue weighted by atomic mass is 10.0. The molecule has 3 rings (SSSR count). The van der Waals surface area contributed by atoms with E-state index in [1.165, 1.54) is 22.6 Å². The van der Waals surface area contributed by atoms with Gasteiger partial charge >= 0.3 is 12.4 Å². The van der Waals surface area contributed by atoms with E-state index >= 15 is 0 Å². The van der Waals surface area contributed by atoms with Crippen LogP contribution in [0.15, 0.2) is 54.7 Å². The molecule has 1 atom stereocenters. The molecule has 28 heavy (non-hydrogen) atoms. The number of aromatic nitrogens is 3. The van der Waals surface area contributed by atoms with Gasteiger partial charge in [0.1, 0.15) is 13.1 Å². The first-order valence-electron chi connectivity index (χ1n) is 8.27. The van der Waals surface area contributed by atoms with Crippen molar-refractivity contribution in [2.75, 3.05) is 0 Å². The second-order valence-corrected chi connectivity index (χ2v) is 6.39. The van der Waals surface area contributed by atoms with Crippen LogP contribution >= 0.6 is 0 Å². The number of benzene rings is 2. The van der Waals surface area contributed by atoms with E-state index < -0.39 is 23.5 Å². The first kappa shape index (κ1) is 19.9. The Morgan fingerprint density at radius 3 is 1.93 bits per heavy atom. The van der Waals surface area contributed by atoms with Crippen LogP contribution in [-0.4, -0.2) is 9.90 Å². The number of nitrogens with zero attached hydrogens (tertiary/aromatic N) is 3. The molecule has 148 valence electrons. The SMILES string of the molecule is CC(c1ccccc1)[n+]1cc(-c2cc(C(F)(F)F)cc(C(F)(F)F)c2)n(C)n1. The summed E-state index contributed by atoms with van der Waals surface area (Å²) in [5.41, 5.74) is -1.89. The van der Waals surface area contributed by atoms with E-state index in [9.17, 15) is 26.3 Å². The standard InChI is InChI=1S/C19H16F6N3/c1-12(13-6-4-3-5-7-13)28-11-17(27(2)26-28)14-8-15(18(20,21)22)10-16(9-14)19(23,24)25/h3-12H,1-2H3/q+1. The molecular formula is C19H16F6N3+. The molecule has 2 aromatic carbocycles. The van der Waals surface area contributed by atoms with Gasteiger partial charge in [0.05, 0.1) is 16.3 Å². The van der Waals surface area contributed by atoms with Crippen molar-refractivity contribution < 1.29 is 31.0 Å². The molecule has 3 aromatic rings. The highest BCUT2D eigenvalue weighted by molar-refractivity contribution is 5.61. The van der Waals surface area contributed by atoms with Gasteiger partial charge in [-0.1, -0.05) is 30.3 Å². The molecular weight excluding hydrogens is 384 g/mol. The molecule has 0 saturated heterocycles. The molecule has 0 saturated carbocycles. The van der Waals surface area contributed by atoms with E-state index in [0.717, 1.165) is 5.56 Å². The van der Waals surface area contributed by atoms with Gasteiger partial charge < -0.3 is 0 Å². The second kappa shape index (κ2) is 6.96. The van der Waals surface area contributed by atoms with Crippen molar-refractivity contribution in [2.45, 2.75) is 25.3 Å². The summed E-state index contributed by atoms with van der Waals surface area (Å²) in [5, 5.41) is 4.22.